The average Bonchev–Trinajstić information content (AvgIpc) is 2.85. The van der Waals surface area contributed by atoms with Crippen LogP contribution in [0.15, 0.2) is 23.3 Å². The lowest BCUT2D eigenvalue weighted by molar-refractivity contribution is -0.121. The summed E-state index contributed by atoms with van der Waals surface area (Å²) in [5.74, 6) is 0.794. The maximum atomic E-state index is 12.1. The third-order valence-electron chi connectivity index (χ3n) is 3.74. The zero-order valence-electron chi connectivity index (χ0n) is 11.4. The summed E-state index contributed by atoms with van der Waals surface area (Å²) in [6, 6.07) is 5.45. The van der Waals surface area contributed by atoms with Gasteiger partial charge in [0.1, 0.15) is 12.4 Å². The van der Waals surface area contributed by atoms with Crippen molar-refractivity contribution in [2.75, 3.05) is 24.6 Å². The Bertz CT molecular complexity index is 652. The minimum absolute atomic E-state index is 0.0103. The van der Waals surface area contributed by atoms with Gasteiger partial charge in [-0.05, 0) is 29.6 Å². The first kappa shape index (κ1) is 13.5. The molecular formula is C14H14N4O3. The number of amides is 1. The van der Waals surface area contributed by atoms with Gasteiger partial charge in [0.05, 0.1) is 0 Å². The van der Waals surface area contributed by atoms with E-state index in [1.807, 2.05) is 12.1 Å². The third kappa shape index (κ3) is 2.68. The van der Waals surface area contributed by atoms with E-state index in [9.17, 15) is 9.59 Å². The number of hydrogen-bond donors (Lipinski definition) is 0. The normalized spacial score (nSPS) is 20.8. The van der Waals surface area contributed by atoms with Crippen molar-refractivity contribution in [1.82, 2.24) is 0 Å². The van der Waals surface area contributed by atoms with Gasteiger partial charge in [0.25, 0.3) is 0 Å². The second-order valence-electron chi connectivity index (χ2n) is 5.28. The van der Waals surface area contributed by atoms with Crippen molar-refractivity contribution in [1.29, 1.82) is 0 Å². The summed E-state index contributed by atoms with van der Waals surface area (Å²) in [4.78, 5) is 27.9. The van der Waals surface area contributed by atoms with Gasteiger partial charge >= 0.3 is 0 Å². The number of Topliss-reactive ketones (excluding diaryl/α,β-unsaturated/α-hetero) is 1. The Kier molecular flexibility index (Phi) is 3.50. The fourth-order valence-electron chi connectivity index (χ4n) is 2.74. The molecule has 21 heavy (non-hydrogen) atoms. The first-order chi connectivity index (χ1) is 10.2. The molecule has 1 fully saturated rings. The number of benzene rings is 1. The molecule has 2 heterocycles. The zero-order chi connectivity index (χ0) is 14.8. The van der Waals surface area contributed by atoms with Gasteiger partial charge in [-0.15, -0.1) is 0 Å². The molecule has 1 atom stereocenters. The molecule has 0 unspecified atom stereocenters. The van der Waals surface area contributed by atoms with Crippen molar-refractivity contribution < 1.29 is 14.3 Å². The van der Waals surface area contributed by atoms with Crippen LogP contribution < -0.4 is 9.64 Å². The fourth-order valence-corrected chi connectivity index (χ4v) is 2.74. The topological polar surface area (TPSA) is 95.4 Å². The van der Waals surface area contributed by atoms with Gasteiger partial charge in [-0.1, -0.05) is 5.11 Å². The Morgan fingerprint density at radius 2 is 2.29 bits per heavy atom. The Morgan fingerprint density at radius 1 is 1.43 bits per heavy atom. The minimum atomic E-state index is 0.0103. The summed E-state index contributed by atoms with van der Waals surface area (Å²) < 4.78 is 5.35. The van der Waals surface area contributed by atoms with Crippen LogP contribution in [0.2, 0.25) is 0 Å². The molecule has 0 saturated carbocycles. The Balaban J connectivity index is 1.81. The smallest absolute Gasteiger partial charge is 0.227 e. The fraction of sp³-hybridized carbons (Fsp3) is 0.429. The van der Waals surface area contributed by atoms with E-state index in [1.165, 1.54) is 0 Å². The van der Waals surface area contributed by atoms with Gasteiger partial charge in [-0.2, -0.15) is 0 Å². The molecule has 7 heteroatoms. The summed E-state index contributed by atoms with van der Waals surface area (Å²) in [6.45, 7) is 0.972. The monoisotopic (exact) mass is 286 g/mol. The van der Waals surface area contributed by atoms with Crippen molar-refractivity contribution in [3.05, 3.63) is 34.2 Å². The molecule has 0 aromatic heterocycles. The third-order valence-corrected chi connectivity index (χ3v) is 3.74. The first-order valence-electron chi connectivity index (χ1n) is 6.76. The average molecular weight is 286 g/mol. The highest BCUT2D eigenvalue weighted by Crippen LogP contribution is 2.31. The number of azide groups is 1. The number of ether oxygens (including phenoxy) is 1. The molecule has 0 radical (unpaired) electrons. The van der Waals surface area contributed by atoms with E-state index in [1.54, 1.807) is 11.0 Å². The van der Waals surface area contributed by atoms with Crippen molar-refractivity contribution >= 4 is 17.4 Å². The van der Waals surface area contributed by atoms with Crippen molar-refractivity contribution in [3.63, 3.8) is 0 Å². The van der Waals surface area contributed by atoms with E-state index in [-0.39, 0.29) is 24.2 Å². The minimum Gasteiger partial charge on any atom is -0.486 e. The van der Waals surface area contributed by atoms with Gasteiger partial charge in [0, 0.05) is 42.1 Å². The molecule has 2 aliphatic heterocycles. The lowest BCUT2D eigenvalue weighted by Crippen LogP contribution is -2.26. The van der Waals surface area contributed by atoms with Crippen LogP contribution in [0.1, 0.15) is 12.0 Å². The number of carbonyl (C=O) groups excluding carboxylic acids is 2. The van der Waals surface area contributed by atoms with Gasteiger partial charge in [0.2, 0.25) is 5.91 Å². The molecule has 3 rings (SSSR count). The van der Waals surface area contributed by atoms with Gasteiger partial charge in [-0.3, -0.25) is 9.59 Å². The molecule has 0 bridgehead atoms. The standard InChI is InChI=1S/C14H14N4O3/c15-17-16-6-9-3-14(20)18(7-9)11-1-2-13-10(4-11)5-12(19)8-21-13/h1-2,4,9H,3,5-8H2/t9-/m1/s1. The highest BCUT2D eigenvalue weighted by molar-refractivity contribution is 5.96. The van der Waals surface area contributed by atoms with Crippen LogP contribution >= 0.6 is 0 Å². The molecule has 108 valence electrons. The molecule has 2 aliphatic rings. The van der Waals surface area contributed by atoms with Crippen molar-refractivity contribution in [2.45, 2.75) is 12.8 Å². The van der Waals surface area contributed by atoms with E-state index in [2.05, 4.69) is 10.0 Å². The molecule has 0 N–H and O–H groups in total. The van der Waals surface area contributed by atoms with Crippen LogP contribution in [-0.4, -0.2) is 31.4 Å². The molecular weight excluding hydrogens is 272 g/mol. The summed E-state index contributed by atoms with van der Waals surface area (Å²) in [5, 5.41) is 3.53. The Hall–Kier alpha value is -2.53. The highest BCUT2D eigenvalue weighted by Gasteiger charge is 2.30. The summed E-state index contributed by atoms with van der Waals surface area (Å²) in [7, 11) is 0. The van der Waals surface area contributed by atoms with E-state index >= 15 is 0 Å². The Morgan fingerprint density at radius 3 is 3.10 bits per heavy atom. The number of nitrogens with zero attached hydrogens (tertiary/aromatic N) is 4. The van der Waals surface area contributed by atoms with Crippen LogP contribution in [0.25, 0.3) is 10.4 Å². The SMILES string of the molecule is [N-]=[N+]=NC[C@H]1CC(=O)N(c2ccc3c(c2)CC(=O)CO3)C1. The van der Waals surface area contributed by atoms with Crippen LogP contribution in [0, 0.1) is 5.92 Å². The molecule has 1 aromatic carbocycles. The van der Waals surface area contributed by atoms with Crippen molar-refractivity contribution in [2.24, 2.45) is 11.0 Å². The number of carbonyl (C=O) groups is 2. The lowest BCUT2D eigenvalue weighted by atomic mass is 10.0. The maximum Gasteiger partial charge on any atom is 0.227 e. The largest absolute Gasteiger partial charge is 0.486 e. The number of rotatable bonds is 3. The quantitative estimate of drug-likeness (QED) is 0.482. The van der Waals surface area contributed by atoms with Crippen molar-refractivity contribution in [3.8, 4) is 5.75 Å². The van der Waals surface area contributed by atoms with Crippen LogP contribution in [0.4, 0.5) is 5.69 Å². The van der Waals surface area contributed by atoms with E-state index in [0.717, 1.165) is 11.3 Å². The predicted octanol–water partition coefficient (Wildman–Crippen LogP) is 1.85. The van der Waals surface area contributed by atoms with Gasteiger partial charge in [-0.25, -0.2) is 0 Å². The molecule has 7 nitrogen and oxygen atoms in total. The van der Waals surface area contributed by atoms with E-state index in [0.29, 0.717) is 31.7 Å². The van der Waals surface area contributed by atoms with E-state index in [4.69, 9.17) is 10.3 Å². The lowest BCUT2D eigenvalue weighted by Gasteiger charge is -2.21. The maximum absolute atomic E-state index is 12.1. The van der Waals surface area contributed by atoms with Crippen LogP contribution in [0.3, 0.4) is 0 Å². The first-order valence-corrected chi connectivity index (χ1v) is 6.76. The predicted molar refractivity (Wildman–Crippen MR) is 75.1 cm³/mol. The molecule has 0 aliphatic carbocycles. The Labute approximate surface area is 121 Å². The van der Waals surface area contributed by atoms with Gasteiger partial charge in [0.15, 0.2) is 5.78 Å². The number of anilines is 1. The molecule has 1 aromatic rings. The zero-order valence-corrected chi connectivity index (χ0v) is 11.4. The second-order valence-corrected chi connectivity index (χ2v) is 5.28. The number of fused-ring (bicyclic) bond motifs is 1. The molecule has 0 spiro atoms. The summed E-state index contributed by atoms with van der Waals surface area (Å²) in [5.41, 5.74) is 9.93. The summed E-state index contributed by atoms with van der Waals surface area (Å²) >= 11 is 0. The highest BCUT2D eigenvalue weighted by atomic mass is 16.5. The molecule has 1 saturated heterocycles. The van der Waals surface area contributed by atoms with Crippen LogP contribution in [-0.2, 0) is 16.0 Å². The van der Waals surface area contributed by atoms with Gasteiger partial charge < -0.3 is 9.64 Å². The van der Waals surface area contributed by atoms with E-state index < -0.39 is 0 Å². The molecule has 1 amide bonds. The second kappa shape index (κ2) is 5.46. The number of hydrogen-bond acceptors (Lipinski definition) is 4. The summed E-state index contributed by atoms with van der Waals surface area (Å²) in [6.07, 6.45) is 0.721. The van der Waals surface area contributed by atoms with Crippen LogP contribution in [0.5, 0.6) is 5.75 Å². The number of ketones is 1.